The average Bonchev–Trinajstić information content (AvgIpc) is 2.77. The van der Waals surface area contributed by atoms with Crippen molar-refractivity contribution in [2.24, 2.45) is 0 Å². The molecule has 7 nitrogen and oxygen atoms in total. The van der Waals surface area contributed by atoms with Gasteiger partial charge in [0.2, 0.25) is 16.4 Å². The lowest BCUT2D eigenvalue weighted by Gasteiger charge is -2.33. The monoisotopic (exact) mass is 496 g/mol. The molecule has 1 aliphatic heterocycles. The Balaban J connectivity index is 1.58. The van der Waals surface area contributed by atoms with Gasteiger partial charge in [0.1, 0.15) is 0 Å². The molecule has 9 heteroatoms. The zero-order valence-corrected chi connectivity index (χ0v) is 18.8. The molecule has 2 aromatic carbocycles. The number of piperidine rings is 1. The van der Waals surface area contributed by atoms with E-state index in [1.54, 1.807) is 30.3 Å². The number of amides is 1. The molecule has 1 heterocycles. The van der Waals surface area contributed by atoms with Gasteiger partial charge in [-0.3, -0.25) is 10.0 Å². The van der Waals surface area contributed by atoms with Gasteiger partial charge in [0, 0.05) is 17.6 Å². The van der Waals surface area contributed by atoms with E-state index in [1.807, 2.05) is 24.3 Å². The first-order chi connectivity index (χ1) is 14.4. The summed E-state index contributed by atoms with van der Waals surface area (Å²) in [5.41, 5.74) is 1.61. The minimum Gasteiger partial charge on any atom is -0.373 e. The van der Waals surface area contributed by atoms with Crippen molar-refractivity contribution in [2.75, 3.05) is 18.8 Å². The third-order valence-corrected chi connectivity index (χ3v) is 7.87. The van der Waals surface area contributed by atoms with Crippen LogP contribution in [0, 0.1) is 0 Å². The number of carbonyl (C=O) groups excluding carboxylic acids is 1. The van der Waals surface area contributed by atoms with Crippen molar-refractivity contribution in [3.8, 4) is 0 Å². The van der Waals surface area contributed by atoms with Crippen LogP contribution < -0.4 is 0 Å². The fourth-order valence-corrected chi connectivity index (χ4v) is 5.60. The summed E-state index contributed by atoms with van der Waals surface area (Å²) in [6.07, 6.45) is 1.40. The maximum Gasteiger partial charge on any atom is 0.233 e. The Morgan fingerprint density at radius 2 is 1.77 bits per heavy atom. The summed E-state index contributed by atoms with van der Waals surface area (Å²) >= 11 is 3.50. The van der Waals surface area contributed by atoms with E-state index in [2.05, 4.69) is 15.9 Å². The van der Waals surface area contributed by atoms with Crippen LogP contribution in [0.25, 0.3) is 0 Å². The summed E-state index contributed by atoms with van der Waals surface area (Å²) in [4.78, 5) is 11.1. The summed E-state index contributed by atoms with van der Waals surface area (Å²) in [5, 5.41) is 10.4. The molecule has 1 unspecified atom stereocenters. The highest BCUT2D eigenvalue weighted by Gasteiger charge is 2.33. The van der Waals surface area contributed by atoms with Crippen molar-refractivity contribution in [3.63, 3.8) is 0 Å². The Morgan fingerprint density at radius 1 is 1.13 bits per heavy atom. The van der Waals surface area contributed by atoms with E-state index in [1.165, 1.54) is 4.31 Å². The zero-order chi connectivity index (χ0) is 21.6. The Kier molecular flexibility index (Phi) is 8.01. The Bertz CT molecular complexity index is 933. The number of nitrogens with zero attached hydrogens (tertiary/aromatic N) is 2. The van der Waals surface area contributed by atoms with Crippen LogP contribution in [0.5, 0.6) is 0 Å². The Hall–Kier alpha value is -1.78. The maximum atomic E-state index is 12.9. The van der Waals surface area contributed by atoms with Crippen LogP contribution in [0.1, 0.15) is 30.0 Å². The number of sulfonamides is 1. The lowest BCUT2D eigenvalue weighted by Crippen LogP contribution is -2.44. The third-order valence-electron chi connectivity index (χ3n) is 5.21. The predicted octanol–water partition coefficient (Wildman–Crippen LogP) is 3.35. The molecule has 2 aromatic rings. The smallest absolute Gasteiger partial charge is 0.233 e. The van der Waals surface area contributed by atoms with Gasteiger partial charge in [-0.25, -0.2) is 17.8 Å². The van der Waals surface area contributed by atoms with Gasteiger partial charge in [0.05, 0.1) is 24.5 Å². The molecule has 1 fully saturated rings. The molecule has 30 heavy (non-hydrogen) atoms. The van der Waals surface area contributed by atoms with Crippen LogP contribution in [0.2, 0.25) is 0 Å². The zero-order valence-electron chi connectivity index (χ0n) is 16.4. The molecule has 1 atom stereocenters. The van der Waals surface area contributed by atoms with Gasteiger partial charge < -0.3 is 4.74 Å². The average molecular weight is 497 g/mol. The van der Waals surface area contributed by atoms with Gasteiger partial charge in [-0.15, -0.1) is 0 Å². The number of carbonyl (C=O) groups is 1. The SMILES string of the molecule is O=CN(O)C(CS(=O)(=O)N1CCC(OCc2ccccc2Br)CC1)c1ccccc1. The lowest BCUT2D eigenvalue weighted by atomic mass is 10.1. The summed E-state index contributed by atoms with van der Waals surface area (Å²) in [7, 11) is -3.67. The first kappa shape index (κ1) is 22.9. The molecular formula is C21H25BrN2O5S. The van der Waals surface area contributed by atoms with Crippen molar-refractivity contribution in [3.05, 3.63) is 70.2 Å². The van der Waals surface area contributed by atoms with Crippen molar-refractivity contribution in [1.82, 2.24) is 9.37 Å². The first-order valence-corrected chi connectivity index (χ1v) is 12.1. The van der Waals surface area contributed by atoms with Crippen LogP contribution in [0.4, 0.5) is 0 Å². The Labute approximate surface area is 185 Å². The second-order valence-electron chi connectivity index (χ2n) is 7.19. The number of rotatable bonds is 9. The summed E-state index contributed by atoms with van der Waals surface area (Å²) in [6.45, 7) is 1.15. The Morgan fingerprint density at radius 3 is 2.40 bits per heavy atom. The second-order valence-corrected chi connectivity index (χ2v) is 10.1. The van der Waals surface area contributed by atoms with E-state index >= 15 is 0 Å². The van der Waals surface area contributed by atoms with Crippen molar-refractivity contribution < 1.29 is 23.2 Å². The first-order valence-electron chi connectivity index (χ1n) is 9.71. The fourth-order valence-electron chi connectivity index (χ4n) is 3.48. The highest BCUT2D eigenvalue weighted by atomic mass is 79.9. The molecule has 1 saturated heterocycles. The summed E-state index contributed by atoms with van der Waals surface area (Å²) in [5.74, 6) is -0.380. The number of hydroxylamine groups is 2. The van der Waals surface area contributed by atoms with Crippen LogP contribution in [-0.4, -0.2) is 54.3 Å². The normalized spacial score (nSPS) is 16.9. The summed E-state index contributed by atoms with van der Waals surface area (Å²) < 4.78 is 34.3. The highest BCUT2D eigenvalue weighted by Crippen LogP contribution is 2.25. The fraction of sp³-hybridized carbons (Fsp3) is 0.381. The molecule has 0 aliphatic carbocycles. The van der Waals surface area contributed by atoms with E-state index in [0.717, 1.165) is 10.0 Å². The molecule has 162 valence electrons. The van der Waals surface area contributed by atoms with Gasteiger partial charge in [0.15, 0.2) is 0 Å². The number of hydrogen-bond donors (Lipinski definition) is 1. The molecule has 3 rings (SSSR count). The predicted molar refractivity (Wildman–Crippen MR) is 116 cm³/mol. The number of halogens is 1. The molecule has 1 aliphatic rings. The van der Waals surface area contributed by atoms with Gasteiger partial charge in [-0.1, -0.05) is 64.5 Å². The number of ether oxygens (including phenoxy) is 1. The minimum atomic E-state index is -3.67. The molecule has 0 spiro atoms. The summed E-state index contributed by atoms with van der Waals surface area (Å²) in [6, 6.07) is 15.5. The van der Waals surface area contributed by atoms with Crippen LogP contribution in [-0.2, 0) is 26.2 Å². The molecule has 0 aromatic heterocycles. The van der Waals surface area contributed by atoms with Crippen molar-refractivity contribution in [2.45, 2.75) is 31.6 Å². The van der Waals surface area contributed by atoms with Crippen LogP contribution >= 0.6 is 15.9 Å². The molecule has 0 saturated carbocycles. The highest BCUT2D eigenvalue weighted by molar-refractivity contribution is 9.10. The van der Waals surface area contributed by atoms with Gasteiger partial charge in [0.25, 0.3) is 0 Å². The van der Waals surface area contributed by atoms with Gasteiger partial charge in [-0.2, -0.15) is 0 Å². The van der Waals surface area contributed by atoms with Crippen LogP contribution in [0.15, 0.2) is 59.1 Å². The van der Waals surface area contributed by atoms with Gasteiger partial charge >= 0.3 is 0 Å². The molecular weight excluding hydrogens is 472 g/mol. The molecule has 1 amide bonds. The van der Waals surface area contributed by atoms with Crippen molar-refractivity contribution >= 4 is 32.4 Å². The molecule has 0 radical (unpaired) electrons. The lowest BCUT2D eigenvalue weighted by molar-refractivity contribution is -0.159. The standard InChI is InChI=1S/C21H25BrN2O5S/c22-20-9-5-4-8-18(20)14-29-19-10-12-23(13-11-19)30(27,28)15-21(24(26)16-25)17-6-2-1-3-7-17/h1-9,16,19,21,26H,10-15H2. The quantitative estimate of drug-likeness (QED) is 0.326. The van der Waals surface area contributed by atoms with Crippen molar-refractivity contribution in [1.29, 1.82) is 0 Å². The van der Waals surface area contributed by atoms with E-state index in [9.17, 15) is 18.4 Å². The number of hydrogen-bond acceptors (Lipinski definition) is 5. The minimum absolute atomic E-state index is 0.0159. The van der Waals surface area contributed by atoms with E-state index < -0.39 is 16.1 Å². The number of benzene rings is 2. The topological polar surface area (TPSA) is 87.2 Å². The van der Waals surface area contributed by atoms with Gasteiger partial charge in [-0.05, 0) is 30.0 Å². The molecule has 1 N–H and O–H groups in total. The third kappa shape index (κ3) is 5.89. The maximum absolute atomic E-state index is 12.9. The molecule has 0 bridgehead atoms. The van der Waals surface area contributed by atoms with E-state index in [4.69, 9.17) is 4.74 Å². The van der Waals surface area contributed by atoms with E-state index in [0.29, 0.717) is 43.2 Å². The van der Waals surface area contributed by atoms with Crippen LogP contribution in [0.3, 0.4) is 0 Å². The second kappa shape index (κ2) is 10.5. The van der Waals surface area contributed by atoms with E-state index in [-0.39, 0.29) is 18.3 Å². The largest absolute Gasteiger partial charge is 0.373 e.